The molecule has 6 heteroatoms. The van der Waals surface area contributed by atoms with Gasteiger partial charge in [-0.25, -0.2) is 0 Å². The van der Waals surface area contributed by atoms with E-state index in [1.807, 2.05) is 0 Å². The zero-order valence-corrected chi connectivity index (χ0v) is 11.0. The summed E-state index contributed by atoms with van der Waals surface area (Å²) < 4.78 is 38.1. The summed E-state index contributed by atoms with van der Waals surface area (Å²) in [6, 6.07) is 4.73. The number of nitrogens with zero attached hydrogens (tertiary/aromatic N) is 1. The Hall–Kier alpha value is -0.940. The van der Waals surface area contributed by atoms with Gasteiger partial charge in [0.15, 0.2) is 0 Å². The number of halogens is 4. The third-order valence-electron chi connectivity index (χ3n) is 3.44. The Morgan fingerprint density at radius 2 is 2.11 bits per heavy atom. The molecule has 2 nitrogen and oxygen atoms in total. The normalized spacial score (nSPS) is 21.6. The standard InChI is InChI=1S/C13H15ClF3NO/c14-11-4-1-5-12(19)10(11)8-18-6-2-3-9(7-18)13(15,16)17/h1,4-5,9,19H,2-3,6-8H2. The van der Waals surface area contributed by atoms with Crippen LogP contribution in [0.1, 0.15) is 18.4 Å². The zero-order valence-electron chi connectivity index (χ0n) is 10.3. The molecule has 1 aromatic carbocycles. The van der Waals surface area contributed by atoms with E-state index < -0.39 is 12.1 Å². The van der Waals surface area contributed by atoms with E-state index in [4.69, 9.17) is 11.6 Å². The van der Waals surface area contributed by atoms with Gasteiger partial charge in [0.1, 0.15) is 5.75 Å². The number of aromatic hydroxyl groups is 1. The van der Waals surface area contributed by atoms with E-state index in [0.717, 1.165) is 0 Å². The fourth-order valence-electron chi connectivity index (χ4n) is 2.39. The molecule has 1 fully saturated rings. The number of benzene rings is 1. The molecule has 1 aromatic rings. The minimum absolute atomic E-state index is 0.0293. The topological polar surface area (TPSA) is 23.5 Å². The van der Waals surface area contributed by atoms with Crippen LogP contribution in [0, 0.1) is 5.92 Å². The fourth-order valence-corrected chi connectivity index (χ4v) is 2.62. The molecular formula is C13H15ClF3NO. The molecular weight excluding hydrogens is 279 g/mol. The molecule has 106 valence electrons. The van der Waals surface area contributed by atoms with Crippen molar-refractivity contribution in [3.63, 3.8) is 0 Å². The molecule has 0 amide bonds. The average molecular weight is 294 g/mol. The summed E-state index contributed by atoms with van der Waals surface area (Å²) >= 11 is 5.97. The lowest BCUT2D eigenvalue weighted by molar-refractivity contribution is -0.187. The zero-order chi connectivity index (χ0) is 14.0. The van der Waals surface area contributed by atoms with Gasteiger partial charge >= 0.3 is 6.18 Å². The highest BCUT2D eigenvalue weighted by Crippen LogP contribution is 2.35. The molecule has 1 aliphatic rings. The number of piperidine rings is 1. The second-order valence-electron chi connectivity index (χ2n) is 4.85. The Morgan fingerprint density at radius 3 is 2.74 bits per heavy atom. The molecule has 1 unspecified atom stereocenters. The van der Waals surface area contributed by atoms with Gasteiger partial charge in [-0.05, 0) is 31.5 Å². The first-order chi connectivity index (χ1) is 8.88. The number of likely N-dealkylation sites (tertiary alicyclic amines) is 1. The predicted octanol–water partition coefficient (Wildman–Crippen LogP) is 3.82. The van der Waals surface area contributed by atoms with Gasteiger partial charge in [0.25, 0.3) is 0 Å². The lowest BCUT2D eigenvalue weighted by atomic mass is 9.97. The van der Waals surface area contributed by atoms with E-state index in [1.165, 1.54) is 6.07 Å². The van der Waals surface area contributed by atoms with E-state index in [9.17, 15) is 18.3 Å². The number of rotatable bonds is 2. The van der Waals surface area contributed by atoms with Crippen molar-refractivity contribution >= 4 is 11.6 Å². The van der Waals surface area contributed by atoms with Crippen molar-refractivity contribution in [2.24, 2.45) is 5.92 Å². The van der Waals surface area contributed by atoms with Crippen LogP contribution in [0.15, 0.2) is 18.2 Å². The summed E-state index contributed by atoms with van der Waals surface area (Å²) in [4.78, 5) is 1.70. The largest absolute Gasteiger partial charge is 0.508 e. The Kier molecular flexibility index (Phi) is 4.26. The maximum atomic E-state index is 12.7. The number of alkyl halides is 3. The lowest BCUT2D eigenvalue weighted by Gasteiger charge is -2.33. The molecule has 0 bridgehead atoms. The van der Waals surface area contributed by atoms with Crippen molar-refractivity contribution in [2.45, 2.75) is 25.6 Å². The summed E-state index contributed by atoms with van der Waals surface area (Å²) in [5, 5.41) is 10.1. The van der Waals surface area contributed by atoms with Gasteiger partial charge in [0.05, 0.1) is 5.92 Å². The van der Waals surface area contributed by atoms with Gasteiger partial charge in [-0.2, -0.15) is 13.2 Å². The van der Waals surface area contributed by atoms with Crippen molar-refractivity contribution in [3.05, 3.63) is 28.8 Å². The average Bonchev–Trinajstić information content (AvgIpc) is 2.33. The van der Waals surface area contributed by atoms with Crippen LogP contribution in [-0.2, 0) is 6.54 Å². The summed E-state index contributed by atoms with van der Waals surface area (Å²) in [6.45, 7) is 0.809. The predicted molar refractivity (Wildman–Crippen MR) is 67.2 cm³/mol. The first-order valence-electron chi connectivity index (χ1n) is 6.13. The molecule has 1 saturated heterocycles. The molecule has 2 rings (SSSR count). The Balaban J connectivity index is 2.07. The van der Waals surface area contributed by atoms with E-state index in [0.29, 0.717) is 23.6 Å². The molecule has 0 aromatic heterocycles. The van der Waals surface area contributed by atoms with Crippen LogP contribution in [0.25, 0.3) is 0 Å². The van der Waals surface area contributed by atoms with Crippen LogP contribution < -0.4 is 0 Å². The first-order valence-corrected chi connectivity index (χ1v) is 6.51. The molecule has 1 aliphatic heterocycles. The highest BCUT2D eigenvalue weighted by molar-refractivity contribution is 6.31. The SMILES string of the molecule is Oc1cccc(Cl)c1CN1CCCC(C(F)(F)F)C1. The van der Waals surface area contributed by atoms with Crippen molar-refractivity contribution in [1.82, 2.24) is 4.90 Å². The van der Waals surface area contributed by atoms with Gasteiger partial charge in [-0.1, -0.05) is 17.7 Å². The second kappa shape index (κ2) is 5.59. The van der Waals surface area contributed by atoms with Gasteiger partial charge in [0.2, 0.25) is 0 Å². The molecule has 0 aliphatic carbocycles. The van der Waals surface area contributed by atoms with Crippen LogP contribution in [0.2, 0.25) is 5.02 Å². The highest BCUT2D eigenvalue weighted by atomic mass is 35.5. The highest BCUT2D eigenvalue weighted by Gasteiger charge is 2.41. The Labute approximate surface area is 114 Å². The van der Waals surface area contributed by atoms with Gasteiger partial charge in [-0.3, -0.25) is 4.90 Å². The van der Waals surface area contributed by atoms with E-state index >= 15 is 0 Å². The van der Waals surface area contributed by atoms with Crippen LogP contribution in [0.3, 0.4) is 0 Å². The summed E-state index contributed by atoms with van der Waals surface area (Å²) in [7, 11) is 0. The lowest BCUT2D eigenvalue weighted by Crippen LogP contribution is -2.41. The van der Waals surface area contributed by atoms with Crippen LogP contribution in [-0.4, -0.2) is 29.3 Å². The smallest absolute Gasteiger partial charge is 0.393 e. The second-order valence-corrected chi connectivity index (χ2v) is 5.26. The maximum absolute atomic E-state index is 12.7. The Morgan fingerprint density at radius 1 is 1.37 bits per heavy atom. The van der Waals surface area contributed by atoms with Crippen molar-refractivity contribution < 1.29 is 18.3 Å². The quantitative estimate of drug-likeness (QED) is 0.896. The third kappa shape index (κ3) is 3.54. The molecule has 0 spiro atoms. The van der Waals surface area contributed by atoms with E-state index in [-0.39, 0.29) is 25.3 Å². The number of hydrogen-bond acceptors (Lipinski definition) is 2. The van der Waals surface area contributed by atoms with Crippen LogP contribution >= 0.6 is 11.6 Å². The first kappa shape index (κ1) is 14.5. The minimum atomic E-state index is -4.15. The minimum Gasteiger partial charge on any atom is -0.508 e. The van der Waals surface area contributed by atoms with Gasteiger partial charge in [0, 0.05) is 23.7 Å². The Bertz CT molecular complexity index is 430. The monoisotopic (exact) mass is 293 g/mol. The van der Waals surface area contributed by atoms with E-state index in [1.54, 1.807) is 17.0 Å². The summed E-state index contributed by atoms with van der Waals surface area (Å²) in [5.74, 6) is -1.26. The van der Waals surface area contributed by atoms with Crippen LogP contribution in [0.5, 0.6) is 5.75 Å². The van der Waals surface area contributed by atoms with Crippen molar-refractivity contribution in [1.29, 1.82) is 0 Å². The summed E-state index contributed by atoms with van der Waals surface area (Å²) in [6.07, 6.45) is -3.47. The number of hydrogen-bond donors (Lipinski definition) is 1. The molecule has 19 heavy (non-hydrogen) atoms. The van der Waals surface area contributed by atoms with Crippen molar-refractivity contribution in [2.75, 3.05) is 13.1 Å². The number of phenols is 1. The molecule has 1 heterocycles. The third-order valence-corrected chi connectivity index (χ3v) is 3.80. The summed E-state index contributed by atoms with van der Waals surface area (Å²) in [5.41, 5.74) is 0.493. The molecule has 1 atom stereocenters. The molecule has 0 radical (unpaired) electrons. The van der Waals surface area contributed by atoms with Crippen molar-refractivity contribution in [3.8, 4) is 5.75 Å². The molecule has 1 N–H and O–H groups in total. The van der Waals surface area contributed by atoms with Gasteiger partial charge in [-0.15, -0.1) is 0 Å². The maximum Gasteiger partial charge on any atom is 0.393 e. The van der Waals surface area contributed by atoms with Gasteiger partial charge < -0.3 is 5.11 Å². The fraction of sp³-hybridized carbons (Fsp3) is 0.538. The molecule has 0 saturated carbocycles. The number of phenolic OH excluding ortho intramolecular Hbond substituents is 1. The van der Waals surface area contributed by atoms with Crippen LogP contribution in [0.4, 0.5) is 13.2 Å². The van der Waals surface area contributed by atoms with E-state index in [2.05, 4.69) is 0 Å².